The maximum Gasteiger partial charge on any atom is 0.224 e. The van der Waals surface area contributed by atoms with Crippen LogP contribution in [0.4, 0.5) is 0 Å². The number of nitrogens with one attached hydrogen (secondary N) is 1. The van der Waals surface area contributed by atoms with Crippen molar-refractivity contribution in [3.05, 3.63) is 71.6 Å². The monoisotopic (exact) mass is 389 g/mol. The van der Waals surface area contributed by atoms with Crippen LogP contribution >= 0.6 is 0 Å². The Kier molecular flexibility index (Phi) is 4.83. The standard InChI is InChI=1S/C25H31N3O/c1-27-15-18(14-26-24(29)12-17-7-4-3-5-8-17)11-21-20-9-6-10-22-25(20)19(13-23(21)27)16-28(22)2/h3-10,16,18,20-21,23,25H,11-15H2,1-2H3,(H,26,29)/t18-,20?,21+,23+,25?/m0/s1. The third-order valence-electron chi connectivity index (χ3n) is 7.42. The molecule has 0 radical (unpaired) electrons. The first-order valence-electron chi connectivity index (χ1n) is 10.9. The summed E-state index contributed by atoms with van der Waals surface area (Å²) in [6, 6.07) is 10.6. The van der Waals surface area contributed by atoms with Gasteiger partial charge in [-0.3, -0.25) is 4.79 Å². The Morgan fingerprint density at radius 2 is 2.03 bits per heavy atom. The van der Waals surface area contributed by atoms with E-state index in [1.807, 2.05) is 30.3 Å². The van der Waals surface area contributed by atoms with E-state index in [4.69, 9.17) is 0 Å². The molecule has 152 valence electrons. The average Bonchev–Trinajstić information content (AvgIpc) is 3.05. The minimum Gasteiger partial charge on any atom is -0.355 e. The second-order valence-electron chi connectivity index (χ2n) is 9.29. The van der Waals surface area contributed by atoms with Gasteiger partial charge in [-0.05, 0) is 54.9 Å². The van der Waals surface area contributed by atoms with Gasteiger partial charge in [-0.15, -0.1) is 0 Å². The molecule has 0 spiro atoms. The van der Waals surface area contributed by atoms with Crippen molar-refractivity contribution in [1.29, 1.82) is 0 Å². The van der Waals surface area contributed by atoms with Crippen LogP contribution in [0.1, 0.15) is 18.4 Å². The number of carbonyl (C=O) groups excluding carboxylic acids is 1. The maximum atomic E-state index is 12.4. The zero-order valence-corrected chi connectivity index (χ0v) is 17.4. The van der Waals surface area contributed by atoms with Crippen molar-refractivity contribution in [3.8, 4) is 0 Å². The summed E-state index contributed by atoms with van der Waals surface area (Å²) in [6.45, 7) is 1.85. The van der Waals surface area contributed by atoms with Crippen molar-refractivity contribution in [2.45, 2.75) is 25.3 Å². The highest BCUT2D eigenvalue weighted by atomic mass is 16.1. The van der Waals surface area contributed by atoms with Crippen molar-refractivity contribution in [1.82, 2.24) is 15.1 Å². The van der Waals surface area contributed by atoms with Crippen molar-refractivity contribution in [3.63, 3.8) is 0 Å². The lowest BCUT2D eigenvalue weighted by Gasteiger charge is -2.51. The Balaban J connectivity index is 1.24. The highest BCUT2D eigenvalue weighted by Crippen LogP contribution is 2.52. The zero-order chi connectivity index (χ0) is 20.0. The number of piperidine rings is 1. The molecule has 1 saturated heterocycles. The van der Waals surface area contributed by atoms with Gasteiger partial charge in [0.15, 0.2) is 0 Å². The molecule has 4 nitrogen and oxygen atoms in total. The Labute approximate surface area is 174 Å². The van der Waals surface area contributed by atoms with E-state index in [0.29, 0.717) is 36.1 Å². The number of carbonyl (C=O) groups is 1. The number of rotatable bonds is 4. The van der Waals surface area contributed by atoms with Gasteiger partial charge in [0.2, 0.25) is 5.91 Å². The number of amides is 1. The van der Waals surface area contributed by atoms with Gasteiger partial charge in [-0.25, -0.2) is 0 Å². The molecule has 0 aromatic heterocycles. The normalized spacial score (nSPS) is 32.9. The van der Waals surface area contributed by atoms with Crippen LogP contribution in [0.5, 0.6) is 0 Å². The molecule has 0 bridgehead atoms. The quantitative estimate of drug-likeness (QED) is 0.859. The predicted molar refractivity (Wildman–Crippen MR) is 116 cm³/mol. The fourth-order valence-corrected chi connectivity index (χ4v) is 6.14. The first-order valence-corrected chi connectivity index (χ1v) is 10.9. The van der Waals surface area contributed by atoms with Crippen LogP contribution < -0.4 is 5.32 Å². The highest BCUT2D eigenvalue weighted by molar-refractivity contribution is 5.78. The summed E-state index contributed by atoms with van der Waals surface area (Å²) in [5.74, 6) is 2.49. The number of allylic oxidation sites excluding steroid dienone is 4. The lowest BCUT2D eigenvalue weighted by Crippen LogP contribution is -2.54. The second kappa shape index (κ2) is 7.49. The predicted octanol–water partition coefficient (Wildman–Crippen LogP) is 3.20. The van der Waals surface area contributed by atoms with Gasteiger partial charge in [0.05, 0.1) is 6.42 Å². The fraction of sp³-hybridized carbons (Fsp3) is 0.480. The molecular formula is C25H31N3O. The lowest BCUT2D eigenvalue weighted by atomic mass is 9.61. The molecule has 1 saturated carbocycles. The molecule has 2 aliphatic heterocycles. The number of fused-ring (bicyclic) bond motifs is 2. The van der Waals surface area contributed by atoms with E-state index in [-0.39, 0.29) is 5.91 Å². The van der Waals surface area contributed by atoms with E-state index < -0.39 is 0 Å². The highest BCUT2D eigenvalue weighted by Gasteiger charge is 2.49. The van der Waals surface area contributed by atoms with E-state index >= 15 is 0 Å². The topological polar surface area (TPSA) is 35.6 Å². The molecule has 2 fully saturated rings. The van der Waals surface area contributed by atoms with E-state index in [0.717, 1.165) is 18.7 Å². The molecule has 1 amide bonds. The Hall–Kier alpha value is -2.33. The molecular weight excluding hydrogens is 358 g/mol. The Morgan fingerprint density at radius 3 is 2.86 bits per heavy atom. The molecule has 5 rings (SSSR count). The molecule has 1 N–H and O–H groups in total. The average molecular weight is 390 g/mol. The summed E-state index contributed by atoms with van der Waals surface area (Å²) >= 11 is 0. The van der Waals surface area contributed by atoms with E-state index in [2.05, 4.69) is 53.6 Å². The minimum absolute atomic E-state index is 0.134. The largest absolute Gasteiger partial charge is 0.355 e. The van der Waals surface area contributed by atoms with Crippen molar-refractivity contribution in [2.75, 3.05) is 27.2 Å². The van der Waals surface area contributed by atoms with Crippen molar-refractivity contribution < 1.29 is 4.79 Å². The smallest absolute Gasteiger partial charge is 0.224 e. The molecule has 4 aliphatic rings. The van der Waals surface area contributed by atoms with Gasteiger partial charge in [0.25, 0.3) is 0 Å². The van der Waals surface area contributed by atoms with Crippen LogP contribution in [0.3, 0.4) is 0 Å². The minimum atomic E-state index is 0.134. The van der Waals surface area contributed by atoms with Gasteiger partial charge in [0.1, 0.15) is 0 Å². The first-order chi connectivity index (χ1) is 14.1. The van der Waals surface area contributed by atoms with Crippen LogP contribution in [0.25, 0.3) is 0 Å². The maximum absolute atomic E-state index is 12.4. The van der Waals surface area contributed by atoms with Crippen LogP contribution in [0.15, 0.2) is 66.0 Å². The van der Waals surface area contributed by atoms with Gasteiger partial charge in [-0.1, -0.05) is 42.5 Å². The second-order valence-corrected chi connectivity index (χ2v) is 9.29. The SMILES string of the molecule is CN1C=C2C[C@@H]3[C@H](C[C@@H](CNC(=O)Cc4ccccc4)CN3C)C3C=CC=C1C23. The summed E-state index contributed by atoms with van der Waals surface area (Å²) in [4.78, 5) is 17.3. The van der Waals surface area contributed by atoms with Crippen molar-refractivity contribution in [2.24, 2.45) is 23.7 Å². The summed E-state index contributed by atoms with van der Waals surface area (Å²) in [5.41, 5.74) is 4.15. The molecule has 1 aromatic carbocycles. The van der Waals surface area contributed by atoms with Crippen LogP contribution in [0.2, 0.25) is 0 Å². The van der Waals surface area contributed by atoms with Gasteiger partial charge >= 0.3 is 0 Å². The lowest BCUT2D eigenvalue weighted by molar-refractivity contribution is -0.120. The molecule has 2 unspecified atom stereocenters. The number of hydrogen-bond donors (Lipinski definition) is 1. The number of likely N-dealkylation sites (tertiary alicyclic amines) is 1. The molecule has 29 heavy (non-hydrogen) atoms. The summed E-state index contributed by atoms with van der Waals surface area (Å²) in [7, 11) is 4.46. The number of benzene rings is 1. The Bertz CT molecular complexity index is 871. The molecule has 5 atom stereocenters. The summed E-state index contributed by atoms with van der Waals surface area (Å²) in [5, 5.41) is 3.21. The third kappa shape index (κ3) is 3.44. The van der Waals surface area contributed by atoms with Gasteiger partial charge < -0.3 is 15.1 Å². The number of hydrogen-bond acceptors (Lipinski definition) is 3. The third-order valence-corrected chi connectivity index (χ3v) is 7.42. The first kappa shape index (κ1) is 18.7. The van der Waals surface area contributed by atoms with Crippen LogP contribution in [-0.4, -0.2) is 48.9 Å². The van der Waals surface area contributed by atoms with Crippen LogP contribution in [0, 0.1) is 23.7 Å². The summed E-state index contributed by atoms with van der Waals surface area (Å²) < 4.78 is 0. The van der Waals surface area contributed by atoms with Gasteiger partial charge in [0, 0.05) is 44.0 Å². The summed E-state index contributed by atoms with van der Waals surface area (Å²) in [6.07, 6.45) is 12.2. The molecule has 2 heterocycles. The van der Waals surface area contributed by atoms with E-state index in [1.165, 1.54) is 18.5 Å². The molecule has 1 aromatic rings. The number of nitrogens with zero attached hydrogens (tertiary/aromatic N) is 2. The fourth-order valence-electron chi connectivity index (χ4n) is 6.14. The van der Waals surface area contributed by atoms with E-state index in [1.54, 1.807) is 5.57 Å². The Morgan fingerprint density at radius 1 is 1.21 bits per heavy atom. The zero-order valence-electron chi connectivity index (χ0n) is 17.4. The van der Waals surface area contributed by atoms with Gasteiger partial charge in [-0.2, -0.15) is 0 Å². The molecule has 4 heteroatoms. The van der Waals surface area contributed by atoms with Crippen molar-refractivity contribution >= 4 is 5.91 Å². The molecule has 2 aliphatic carbocycles. The van der Waals surface area contributed by atoms with Crippen LogP contribution in [-0.2, 0) is 11.2 Å². The van der Waals surface area contributed by atoms with E-state index in [9.17, 15) is 4.79 Å².